The molecule has 0 atom stereocenters. The molecule has 2 aromatic rings. The van der Waals surface area contributed by atoms with E-state index in [1.54, 1.807) is 25.3 Å². The van der Waals surface area contributed by atoms with E-state index in [1.807, 2.05) is 26.0 Å². The Balaban J connectivity index is 2.35. The number of methoxy groups -OCH3 is 4. The summed E-state index contributed by atoms with van der Waals surface area (Å²) in [6.07, 6.45) is 3.28. The molecule has 0 heterocycles. The van der Waals surface area contributed by atoms with Crippen molar-refractivity contribution in [2.24, 2.45) is 0 Å². The number of rotatable bonds is 7. The highest BCUT2D eigenvalue weighted by Gasteiger charge is 2.15. The molecule has 0 radical (unpaired) electrons. The SMILES string of the molecule is COc1cc(/C=C/C(=O)c2cc(OC)c(OC)c(OC)c2)cc(C)c1C. The number of hydrogen-bond acceptors (Lipinski definition) is 5. The van der Waals surface area contributed by atoms with Crippen LogP contribution in [0.5, 0.6) is 23.0 Å². The summed E-state index contributed by atoms with van der Waals surface area (Å²) in [5, 5.41) is 0. The maximum Gasteiger partial charge on any atom is 0.203 e. The lowest BCUT2D eigenvalue weighted by Gasteiger charge is -2.13. The first-order chi connectivity index (χ1) is 12.4. The molecule has 0 saturated heterocycles. The first-order valence-electron chi connectivity index (χ1n) is 8.12. The van der Waals surface area contributed by atoms with Gasteiger partial charge in [-0.1, -0.05) is 12.1 Å². The minimum Gasteiger partial charge on any atom is -0.496 e. The van der Waals surface area contributed by atoms with Crippen LogP contribution in [0.2, 0.25) is 0 Å². The first kappa shape index (κ1) is 19.4. The molecule has 26 heavy (non-hydrogen) atoms. The third kappa shape index (κ3) is 3.99. The van der Waals surface area contributed by atoms with Crippen molar-refractivity contribution < 1.29 is 23.7 Å². The van der Waals surface area contributed by atoms with Gasteiger partial charge in [-0.3, -0.25) is 4.79 Å². The summed E-state index contributed by atoms with van der Waals surface area (Å²) in [4.78, 5) is 12.6. The molecule has 138 valence electrons. The second kappa shape index (κ2) is 8.43. The zero-order chi connectivity index (χ0) is 19.3. The molecule has 0 unspecified atom stereocenters. The fourth-order valence-electron chi connectivity index (χ4n) is 2.65. The van der Waals surface area contributed by atoms with E-state index in [4.69, 9.17) is 18.9 Å². The summed E-state index contributed by atoms with van der Waals surface area (Å²) < 4.78 is 21.2. The van der Waals surface area contributed by atoms with Gasteiger partial charge in [0, 0.05) is 5.56 Å². The Kier molecular flexibility index (Phi) is 6.28. The van der Waals surface area contributed by atoms with E-state index in [2.05, 4.69) is 0 Å². The lowest BCUT2D eigenvalue weighted by molar-refractivity contribution is 0.104. The normalized spacial score (nSPS) is 10.7. The highest BCUT2D eigenvalue weighted by atomic mass is 16.5. The van der Waals surface area contributed by atoms with Crippen LogP contribution in [0.3, 0.4) is 0 Å². The van der Waals surface area contributed by atoms with Crippen LogP contribution < -0.4 is 18.9 Å². The Hall–Kier alpha value is -2.95. The van der Waals surface area contributed by atoms with Crippen molar-refractivity contribution in [2.45, 2.75) is 13.8 Å². The molecule has 5 nitrogen and oxygen atoms in total. The second-order valence-electron chi connectivity index (χ2n) is 5.78. The van der Waals surface area contributed by atoms with Crippen molar-refractivity contribution in [3.05, 3.63) is 52.6 Å². The van der Waals surface area contributed by atoms with Crippen LogP contribution in [0.1, 0.15) is 27.0 Å². The van der Waals surface area contributed by atoms with E-state index < -0.39 is 0 Å². The van der Waals surface area contributed by atoms with Gasteiger partial charge < -0.3 is 18.9 Å². The molecular formula is C21H24O5. The van der Waals surface area contributed by atoms with Crippen molar-refractivity contribution >= 4 is 11.9 Å². The van der Waals surface area contributed by atoms with Gasteiger partial charge in [0.25, 0.3) is 0 Å². The van der Waals surface area contributed by atoms with Gasteiger partial charge in [0.2, 0.25) is 5.75 Å². The van der Waals surface area contributed by atoms with Crippen LogP contribution in [0.4, 0.5) is 0 Å². The molecule has 0 aliphatic rings. The van der Waals surface area contributed by atoms with Crippen molar-refractivity contribution in [2.75, 3.05) is 28.4 Å². The van der Waals surface area contributed by atoms with E-state index in [0.717, 1.165) is 22.4 Å². The summed E-state index contributed by atoms with van der Waals surface area (Å²) in [5.41, 5.74) is 3.53. The molecule has 2 rings (SSSR count). The lowest BCUT2D eigenvalue weighted by atomic mass is 10.0. The fourth-order valence-corrected chi connectivity index (χ4v) is 2.65. The third-order valence-electron chi connectivity index (χ3n) is 4.24. The summed E-state index contributed by atoms with van der Waals surface area (Å²) in [7, 11) is 6.19. The standard InChI is InChI=1S/C21H24O5/c1-13-9-15(10-18(23-3)14(13)2)7-8-17(22)16-11-19(24-4)21(26-6)20(12-16)25-5/h7-12H,1-6H3/b8-7+. The van der Waals surface area contributed by atoms with Crippen LogP contribution in [0.15, 0.2) is 30.3 Å². The zero-order valence-corrected chi connectivity index (χ0v) is 16.0. The van der Waals surface area contributed by atoms with E-state index in [1.165, 1.54) is 27.4 Å². The van der Waals surface area contributed by atoms with Gasteiger partial charge >= 0.3 is 0 Å². The number of carbonyl (C=O) groups excluding carboxylic acids is 1. The largest absolute Gasteiger partial charge is 0.496 e. The monoisotopic (exact) mass is 356 g/mol. The van der Waals surface area contributed by atoms with E-state index in [-0.39, 0.29) is 5.78 Å². The first-order valence-corrected chi connectivity index (χ1v) is 8.12. The minimum atomic E-state index is -0.165. The fraction of sp³-hybridized carbons (Fsp3) is 0.286. The molecule has 0 amide bonds. The molecule has 0 spiro atoms. The average Bonchev–Trinajstić information content (AvgIpc) is 2.66. The quantitative estimate of drug-likeness (QED) is 0.549. The number of carbonyl (C=O) groups is 1. The third-order valence-corrected chi connectivity index (χ3v) is 4.24. The summed E-state index contributed by atoms with van der Waals surface area (Å²) in [6.45, 7) is 4.01. The molecule has 0 aliphatic heterocycles. The number of ether oxygens (including phenoxy) is 4. The van der Waals surface area contributed by atoms with Gasteiger partial charge in [0.05, 0.1) is 28.4 Å². The van der Waals surface area contributed by atoms with Gasteiger partial charge in [-0.25, -0.2) is 0 Å². The van der Waals surface area contributed by atoms with Crippen LogP contribution in [-0.2, 0) is 0 Å². The second-order valence-corrected chi connectivity index (χ2v) is 5.78. The predicted octanol–water partition coefficient (Wildman–Crippen LogP) is 4.23. The van der Waals surface area contributed by atoms with Crippen molar-refractivity contribution in [1.29, 1.82) is 0 Å². The smallest absolute Gasteiger partial charge is 0.203 e. The van der Waals surface area contributed by atoms with Crippen molar-refractivity contribution in [3.63, 3.8) is 0 Å². The molecule has 0 aliphatic carbocycles. The number of aryl methyl sites for hydroxylation is 1. The molecule has 0 bridgehead atoms. The van der Waals surface area contributed by atoms with Gasteiger partial charge in [-0.05, 0) is 54.8 Å². The average molecular weight is 356 g/mol. The zero-order valence-electron chi connectivity index (χ0n) is 16.0. The number of allylic oxidation sites excluding steroid dienone is 1. The Bertz CT molecular complexity index is 812. The predicted molar refractivity (Wildman–Crippen MR) is 102 cm³/mol. The lowest BCUT2D eigenvalue weighted by Crippen LogP contribution is -2.00. The van der Waals surface area contributed by atoms with Gasteiger partial charge in [0.1, 0.15) is 5.75 Å². The van der Waals surface area contributed by atoms with Crippen LogP contribution >= 0.6 is 0 Å². The van der Waals surface area contributed by atoms with Crippen LogP contribution in [0.25, 0.3) is 6.08 Å². The number of benzene rings is 2. The Labute approximate surface area is 154 Å². The Morgan fingerprint density at radius 3 is 1.88 bits per heavy atom. The molecule has 0 saturated carbocycles. The number of hydrogen-bond donors (Lipinski definition) is 0. The minimum absolute atomic E-state index is 0.165. The van der Waals surface area contributed by atoms with Gasteiger partial charge in [0.15, 0.2) is 17.3 Å². The van der Waals surface area contributed by atoms with E-state index in [9.17, 15) is 4.79 Å². The highest BCUT2D eigenvalue weighted by molar-refractivity contribution is 6.07. The molecular weight excluding hydrogens is 332 g/mol. The van der Waals surface area contributed by atoms with E-state index >= 15 is 0 Å². The molecule has 0 aromatic heterocycles. The summed E-state index contributed by atoms with van der Waals surface area (Å²) >= 11 is 0. The summed E-state index contributed by atoms with van der Waals surface area (Å²) in [5.74, 6) is 1.97. The molecule has 0 N–H and O–H groups in total. The maximum absolute atomic E-state index is 12.6. The van der Waals surface area contributed by atoms with E-state index in [0.29, 0.717) is 22.8 Å². The van der Waals surface area contributed by atoms with Gasteiger partial charge in [-0.15, -0.1) is 0 Å². The van der Waals surface area contributed by atoms with Crippen LogP contribution in [0, 0.1) is 13.8 Å². The van der Waals surface area contributed by atoms with Crippen LogP contribution in [-0.4, -0.2) is 34.2 Å². The number of ketones is 1. The maximum atomic E-state index is 12.6. The van der Waals surface area contributed by atoms with Gasteiger partial charge in [-0.2, -0.15) is 0 Å². The van der Waals surface area contributed by atoms with Crippen molar-refractivity contribution in [1.82, 2.24) is 0 Å². The topological polar surface area (TPSA) is 54.0 Å². The van der Waals surface area contributed by atoms with Crippen molar-refractivity contribution in [3.8, 4) is 23.0 Å². The Morgan fingerprint density at radius 2 is 1.38 bits per heavy atom. The molecule has 2 aromatic carbocycles. The molecule has 0 fully saturated rings. The molecule has 5 heteroatoms. The highest BCUT2D eigenvalue weighted by Crippen LogP contribution is 2.38. The Morgan fingerprint density at radius 1 is 0.808 bits per heavy atom. The summed E-state index contributed by atoms with van der Waals surface area (Å²) in [6, 6.07) is 7.18.